The highest BCUT2D eigenvalue weighted by Crippen LogP contribution is 2.17. The van der Waals surface area contributed by atoms with E-state index in [1.165, 1.54) is 0 Å². The van der Waals surface area contributed by atoms with Gasteiger partial charge in [-0.15, -0.1) is 0 Å². The Balaban J connectivity index is 2.70. The fourth-order valence-corrected chi connectivity index (χ4v) is 1.31. The Morgan fingerprint density at radius 3 is 2.57 bits per heavy atom. The fourth-order valence-electron chi connectivity index (χ4n) is 1.31. The van der Waals surface area contributed by atoms with E-state index in [-0.39, 0.29) is 0 Å². The SMILES string of the molecule is [CH2]Cc1cnc2cc(F)c(F)cc2c1. The Bertz CT molecular complexity index is 480. The van der Waals surface area contributed by atoms with Crippen molar-refractivity contribution in [3.8, 4) is 0 Å². The van der Waals surface area contributed by atoms with Gasteiger partial charge in [0.1, 0.15) is 0 Å². The molecular weight excluding hydrogens is 184 g/mol. The van der Waals surface area contributed by atoms with Crippen LogP contribution in [-0.2, 0) is 6.42 Å². The van der Waals surface area contributed by atoms with Crippen LogP contribution in [0.1, 0.15) is 5.56 Å². The molecule has 14 heavy (non-hydrogen) atoms. The molecule has 0 amide bonds. The maximum Gasteiger partial charge on any atom is 0.161 e. The number of pyridine rings is 1. The van der Waals surface area contributed by atoms with Gasteiger partial charge in [-0.2, -0.15) is 0 Å². The first kappa shape index (κ1) is 9.06. The molecular formula is C11H8F2N. The third kappa shape index (κ3) is 1.45. The molecule has 2 aromatic rings. The van der Waals surface area contributed by atoms with Crippen molar-refractivity contribution in [3.63, 3.8) is 0 Å². The Labute approximate surface area is 80.4 Å². The number of nitrogens with zero attached hydrogens (tertiary/aromatic N) is 1. The molecule has 1 aromatic carbocycles. The molecule has 1 nitrogen and oxygen atoms in total. The van der Waals surface area contributed by atoms with Crippen LogP contribution in [0.15, 0.2) is 24.4 Å². The van der Waals surface area contributed by atoms with Gasteiger partial charge in [0.2, 0.25) is 0 Å². The van der Waals surface area contributed by atoms with Crippen LogP contribution < -0.4 is 0 Å². The summed E-state index contributed by atoms with van der Waals surface area (Å²) in [5, 5.41) is 0.602. The van der Waals surface area contributed by atoms with Gasteiger partial charge >= 0.3 is 0 Å². The van der Waals surface area contributed by atoms with E-state index < -0.39 is 11.6 Å². The molecule has 0 atom stereocenters. The summed E-state index contributed by atoms with van der Waals surface area (Å²) >= 11 is 0. The molecule has 1 heterocycles. The van der Waals surface area contributed by atoms with Crippen molar-refractivity contribution in [2.45, 2.75) is 6.42 Å². The summed E-state index contributed by atoms with van der Waals surface area (Å²) in [6, 6.07) is 4.01. The standard InChI is InChI=1S/C11H8F2N/c1-2-7-3-8-4-9(12)10(13)5-11(8)14-6-7/h3-6H,1-2H2. The average Bonchev–Trinajstić information content (AvgIpc) is 2.19. The van der Waals surface area contributed by atoms with Crippen molar-refractivity contribution < 1.29 is 8.78 Å². The number of rotatable bonds is 1. The van der Waals surface area contributed by atoms with Crippen LogP contribution >= 0.6 is 0 Å². The van der Waals surface area contributed by atoms with Crippen molar-refractivity contribution >= 4 is 10.9 Å². The van der Waals surface area contributed by atoms with Crippen LogP contribution in [0.2, 0.25) is 0 Å². The van der Waals surface area contributed by atoms with Crippen molar-refractivity contribution in [2.24, 2.45) is 0 Å². The Morgan fingerprint density at radius 2 is 1.86 bits per heavy atom. The van der Waals surface area contributed by atoms with Gasteiger partial charge in [-0.05, 0) is 31.0 Å². The third-order valence-corrected chi connectivity index (χ3v) is 2.07. The molecule has 0 fully saturated rings. The zero-order valence-electron chi connectivity index (χ0n) is 7.43. The summed E-state index contributed by atoms with van der Waals surface area (Å²) < 4.78 is 25.7. The van der Waals surface area contributed by atoms with Gasteiger partial charge in [0.25, 0.3) is 0 Å². The van der Waals surface area contributed by atoms with E-state index >= 15 is 0 Å². The number of hydrogen-bond acceptors (Lipinski definition) is 1. The van der Waals surface area contributed by atoms with Gasteiger partial charge in [0.05, 0.1) is 5.52 Å². The normalized spacial score (nSPS) is 10.8. The van der Waals surface area contributed by atoms with E-state index in [0.717, 1.165) is 17.7 Å². The molecule has 0 bridgehead atoms. The van der Waals surface area contributed by atoms with Gasteiger partial charge in [0.15, 0.2) is 11.6 Å². The lowest BCUT2D eigenvalue weighted by Gasteiger charge is -2.01. The van der Waals surface area contributed by atoms with Crippen molar-refractivity contribution in [1.29, 1.82) is 0 Å². The van der Waals surface area contributed by atoms with Gasteiger partial charge in [-0.1, -0.05) is 0 Å². The average molecular weight is 192 g/mol. The lowest BCUT2D eigenvalue weighted by Crippen LogP contribution is -1.89. The minimum Gasteiger partial charge on any atom is -0.256 e. The van der Waals surface area contributed by atoms with E-state index in [9.17, 15) is 8.78 Å². The first-order valence-corrected chi connectivity index (χ1v) is 4.23. The highest BCUT2D eigenvalue weighted by molar-refractivity contribution is 5.79. The van der Waals surface area contributed by atoms with Crippen LogP contribution in [0.25, 0.3) is 10.9 Å². The predicted molar refractivity (Wildman–Crippen MR) is 50.7 cm³/mol. The van der Waals surface area contributed by atoms with Crippen molar-refractivity contribution in [3.05, 3.63) is 48.5 Å². The van der Waals surface area contributed by atoms with E-state index in [4.69, 9.17) is 0 Å². The van der Waals surface area contributed by atoms with Gasteiger partial charge in [0, 0.05) is 17.6 Å². The summed E-state index contributed by atoms with van der Waals surface area (Å²) in [4.78, 5) is 4.01. The minimum absolute atomic E-state index is 0.459. The Morgan fingerprint density at radius 1 is 1.14 bits per heavy atom. The number of aromatic nitrogens is 1. The quantitative estimate of drug-likeness (QED) is 0.677. The molecule has 0 aliphatic rings. The van der Waals surface area contributed by atoms with Gasteiger partial charge in [-0.25, -0.2) is 8.78 Å². The molecule has 3 heteroatoms. The molecule has 1 aromatic heterocycles. The number of hydrogen-bond donors (Lipinski definition) is 0. The molecule has 2 rings (SSSR count). The van der Waals surface area contributed by atoms with Gasteiger partial charge < -0.3 is 0 Å². The fraction of sp³-hybridized carbons (Fsp3) is 0.0909. The first-order chi connectivity index (χ1) is 6.70. The maximum atomic E-state index is 12.9. The molecule has 0 spiro atoms. The molecule has 0 aliphatic carbocycles. The van der Waals surface area contributed by atoms with E-state index in [0.29, 0.717) is 17.3 Å². The third-order valence-electron chi connectivity index (χ3n) is 2.07. The zero-order chi connectivity index (χ0) is 10.1. The summed E-state index contributed by atoms with van der Waals surface area (Å²) in [5.41, 5.74) is 1.37. The first-order valence-electron chi connectivity index (χ1n) is 4.23. The number of fused-ring (bicyclic) bond motifs is 1. The molecule has 0 unspecified atom stereocenters. The smallest absolute Gasteiger partial charge is 0.161 e. The van der Waals surface area contributed by atoms with E-state index in [2.05, 4.69) is 11.9 Å². The summed E-state index contributed by atoms with van der Waals surface area (Å²) in [6.45, 7) is 3.69. The van der Waals surface area contributed by atoms with Gasteiger partial charge in [-0.3, -0.25) is 4.98 Å². The highest BCUT2D eigenvalue weighted by Gasteiger charge is 2.04. The topological polar surface area (TPSA) is 12.9 Å². The highest BCUT2D eigenvalue weighted by atomic mass is 19.2. The van der Waals surface area contributed by atoms with E-state index in [1.54, 1.807) is 12.3 Å². The minimum atomic E-state index is -0.868. The predicted octanol–water partition coefficient (Wildman–Crippen LogP) is 2.89. The van der Waals surface area contributed by atoms with Crippen LogP contribution in [0, 0.1) is 18.6 Å². The lowest BCUT2D eigenvalue weighted by molar-refractivity contribution is 0.510. The van der Waals surface area contributed by atoms with E-state index in [1.807, 2.05) is 0 Å². The molecule has 1 radical (unpaired) electrons. The lowest BCUT2D eigenvalue weighted by atomic mass is 10.1. The zero-order valence-corrected chi connectivity index (χ0v) is 7.43. The number of halogens is 2. The Hall–Kier alpha value is -1.51. The molecule has 0 saturated carbocycles. The largest absolute Gasteiger partial charge is 0.256 e. The van der Waals surface area contributed by atoms with Crippen molar-refractivity contribution in [1.82, 2.24) is 4.98 Å². The molecule has 0 aliphatic heterocycles. The Kier molecular flexibility index (Phi) is 2.15. The van der Waals surface area contributed by atoms with Crippen molar-refractivity contribution in [2.75, 3.05) is 0 Å². The molecule has 0 N–H and O–H groups in total. The summed E-state index contributed by atoms with van der Waals surface area (Å²) in [6.07, 6.45) is 2.20. The monoisotopic (exact) mass is 192 g/mol. The second kappa shape index (κ2) is 3.33. The van der Waals surface area contributed by atoms with Crippen LogP contribution in [0.4, 0.5) is 8.78 Å². The maximum absolute atomic E-state index is 12.9. The van der Waals surface area contributed by atoms with Crippen LogP contribution in [0.3, 0.4) is 0 Å². The second-order valence-electron chi connectivity index (χ2n) is 3.05. The number of benzene rings is 1. The second-order valence-corrected chi connectivity index (χ2v) is 3.05. The molecule has 71 valence electrons. The van der Waals surface area contributed by atoms with Crippen LogP contribution in [0.5, 0.6) is 0 Å². The molecule has 0 saturated heterocycles. The summed E-state index contributed by atoms with van der Waals surface area (Å²) in [5.74, 6) is -1.71. The van der Waals surface area contributed by atoms with Crippen LogP contribution in [-0.4, -0.2) is 4.98 Å². The summed E-state index contributed by atoms with van der Waals surface area (Å²) in [7, 11) is 0.